The first-order valence-corrected chi connectivity index (χ1v) is 8.96. The molecule has 0 unspecified atom stereocenters. The molecule has 0 saturated carbocycles. The fraction of sp³-hybridized carbons (Fsp3) is 0.632. The van der Waals surface area contributed by atoms with Gasteiger partial charge in [0.15, 0.2) is 0 Å². The summed E-state index contributed by atoms with van der Waals surface area (Å²) >= 11 is 0. The molecule has 23 heavy (non-hydrogen) atoms. The molecule has 3 fully saturated rings. The molecule has 0 radical (unpaired) electrons. The van der Waals surface area contributed by atoms with Crippen LogP contribution >= 0.6 is 0 Å². The van der Waals surface area contributed by atoms with Crippen molar-refractivity contribution in [3.05, 3.63) is 30.3 Å². The number of anilines is 1. The zero-order valence-electron chi connectivity index (χ0n) is 14.1. The van der Waals surface area contributed by atoms with Crippen LogP contribution in [0.5, 0.6) is 0 Å². The SMILES string of the molecule is CN1CC[C@]2(CCCN([C@H]3CCN(c4ccccc4)C3=O)C2)C1. The molecule has 0 aromatic heterocycles. The second-order valence-electron chi connectivity index (χ2n) is 7.69. The largest absolute Gasteiger partial charge is 0.311 e. The summed E-state index contributed by atoms with van der Waals surface area (Å²) in [5.41, 5.74) is 1.49. The summed E-state index contributed by atoms with van der Waals surface area (Å²) in [6, 6.07) is 10.2. The zero-order chi connectivity index (χ0) is 15.9. The molecule has 3 aliphatic heterocycles. The third kappa shape index (κ3) is 2.79. The Morgan fingerprint density at radius 1 is 1.04 bits per heavy atom. The molecule has 0 aliphatic carbocycles. The van der Waals surface area contributed by atoms with Crippen LogP contribution in [-0.2, 0) is 4.79 Å². The quantitative estimate of drug-likeness (QED) is 0.837. The molecular weight excluding hydrogens is 286 g/mol. The minimum atomic E-state index is 0.0956. The maximum absolute atomic E-state index is 12.9. The number of benzene rings is 1. The highest BCUT2D eigenvalue weighted by atomic mass is 16.2. The van der Waals surface area contributed by atoms with E-state index in [1.165, 1.54) is 32.4 Å². The Hall–Kier alpha value is -1.39. The molecule has 3 heterocycles. The lowest BCUT2D eigenvalue weighted by atomic mass is 9.78. The van der Waals surface area contributed by atoms with E-state index in [0.29, 0.717) is 11.3 Å². The number of carbonyl (C=O) groups is 1. The lowest BCUT2D eigenvalue weighted by molar-refractivity contribution is -0.122. The van der Waals surface area contributed by atoms with Crippen molar-refractivity contribution in [3.8, 4) is 0 Å². The van der Waals surface area contributed by atoms with Gasteiger partial charge in [0, 0.05) is 25.3 Å². The number of piperidine rings is 1. The van der Waals surface area contributed by atoms with Crippen LogP contribution in [0.2, 0.25) is 0 Å². The first kappa shape index (κ1) is 15.2. The molecule has 1 amide bonds. The average molecular weight is 313 g/mol. The number of carbonyl (C=O) groups excluding carboxylic acids is 1. The smallest absolute Gasteiger partial charge is 0.244 e. The number of rotatable bonds is 2. The van der Waals surface area contributed by atoms with Gasteiger partial charge in [0.1, 0.15) is 0 Å². The summed E-state index contributed by atoms with van der Waals surface area (Å²) in [4.78, 5) is 19.9. The molecule has 3 aliphatic rings. The number of hydrogen-bond acceptors (Lipinski definition) is 3. The van der Waals surface area contributed by atoms with Crippen LogP contribution in [0.1, 0.15) is 25.7 Å². The third-order valence-electron chi connectivity index (χ3n) is 6.01. The van der Waals surface area contributed by atoms with Gasteiger partial charge in [-0.05, 0) is 63.4 Å². The van der Waals surface area contributed by atoms with E-state index in [0.717, 1.165) is 31.7 Å². The summed E-state index contributed by atoms with van der Waals surface area (Å²) in [6.07, 6.45) is 4.84. The summed E-state index contributed by atoms with van der Waals surface area (Å²) < 4.78 is 0. The van der Waals surface area contributed by atoms with Gasteiger partial charge in [0.05, 0.1) is 6.04 Å². The number of nitrogens with zero attached hydrogens (tertiary/aromatic N) is 3. The minimum absolute atomic E-state index is 0.0956. The van der Waals surface area contributed by atoms with Gasteiger partial charge in [-0.1, -0.05) is 18.2 Å². The van der Waals surface area contributed by atoms with Crippen molar-refractivity contribution in [2.24, 2.45) is 5.41 Å². The van der Waals surface area contributed by atoms with Crippen molar-refractivity contribution < 1.29 is 4.79 Å². The molecule has 0 bridgehead atoms. The lowest BCUT2D eigenvalue weighted by Gasteiger charge is -2.42. The molecule has 124 valence electrons. The summed E-state index contributed by atoms with van der Waals surface area (Å²) in [5, 5.41) is 0. The van der Waals surface area contributed by atoms with Gasteiger partial charge in [-0.2, -0.15) is 0 Å². The van der Waals surface area contributed by atoms with Crippen molar-refractivity contribution in [2.45, 2.75) is 31.7 Å². The van der Waals surface area contributed by atoms with E-state index in [4.69, 9.17) is 0 Å². The van der Waals surface area contributed by atoms with Crippen LogP contribution in [0.3, 0.4) is 0 Å². The Bertz CT molecular complexity index is 571. The van der Waals surface area contributed by atoms with Gasteiger partial charge in [-0.25, -0.2) is 0 Å². The standard InChI is InChI=1S/C19H27N3O/c1-20-13-10-19(14-20)9-5-11-21(15-19)17-8-12-22(18(17)23)16-6-3-2-4-7-16/h2-4,6-7,17H,5,8-15H2,1H3/t17-,19+/m0/s1. The summed E-state index contributed by atoms with van der Waals surface area (Å²) in [7, 11) is 2.23. The van der Waals surface area contributed by atoms with E-state index in [2.05, 4.69) is 16.8 Å². The van der Waals surface area contributed by atoms with Crippen molar-refractivity contribution in [1.29, 1.82) is 0 Å². The van der Waals surface area contributed by atoms with Crippen LogP contribution in [0.25, 0.3) is 0 Å². The van der Waals surface area contributed by atoms with E-state index in [1.807, 2.05) is 35.2 Å². The topological polar surface area (TPSA) is 26.8 Å². The average Bonchev–Trinajstić information content (AvgIpc) is 3.12. The zero-order valence-corrected chi connectivity index (χ0v) is 14.1. The first-order valence-electron chi connectivity index (χ1n) is 8.96. The lowest BCUT2D eigenvalue weighted by Crippen LogP contribution is -2.51. The summed E-state index contributed by atoms with van der Waals surface area (Å²) in [6.45, 7) is 5.47. The van der Waals surface area contributed by atoms with Gasteiger partial charge in [0.25, 0.3) is 0 Å². The first-order chi connectivity index (χ1) is 11.2. The van der Waals surface area contributed by atoms with Gasteiger partial charge in [-0.3, -0.25) is 9.69 Å². The Morgan fingerprint density at radius 2 is 1.87 bits per heavy atom. The molecule has 0 N–H and O–H groups in total. The second-order valence-corrected chi connectivity index (χ2v) is 7.69. The van der Waals surface area contributed by atoms with E-state index >= 15 is 0 Å². The molecule has 3 saturated heterocycles. The van der Waals surface area contributed by atoms with Crippen molar-refractivity contribution in [3.63, 3.8) is 0 Å². The van der Waals surface area contributed by atoms with E-state index in [1.54, 1.807) is 0 Å². The molecule has 2 atom stereocenters. The Kier molecular flexibility index (Phi) is 3.90. The third-order valence-corrected chi connectivity index (χ3v) is 6.01. The van der Waals surface area contributed by atoms with Crippen molar-refractivity contribution >= 4 is 11.6 Å². The van der Waals surface area contributed by atoms with Crippen LogP contribution in [0, 0.1) is 5.41 Å². The van der Waals surface area contributed by atoms with E-state index in [-0.39, 0.29) is 6.04 Å². The minimum Gasteiger partial charge on any atom is -0.311 e. The highest BCUT2D eigenvalue weighted by Gasteiger charge is 2.45. The van der Waals surface area contributed by atoms with E-state index in [9.17, 15) is 4.79 Å². The van der Waals surface area contributed by atoms with Gasteiger partial charge in [-0.15, -0.1) is 0 Å². The van der Waals surface area contributed by atoms with Gasteiger partial charge in [0.2, 0.25) is 5.91 Å². The van der Waals surface area contributed by atoms with E-state index < -0.39 is 0 Å². The van der Waals surface area contributed by atoms with Crippen LogP contribution in [-0.4, -0.2) is 61.5 Å². The monoisotopic (exact) mass is 313 g/mol. The van der Waals surface area contributed by atoms with Crippen LogP contribution in [0.15, 0.2) is 30.3 Å². The predicted octanol–water partition coefficient (Wildman–Crippen LogP) is 2.21. The number of hydrogen-bond donors (Lipinski definition) is 0. The fourth-order valence-corrected chi connectivity index (χ4v) is 4.87. The molecule has 1 aromatic carbocycles. The number of likely N-dealkylation sites (tertiary alicyclic amines) is 2. The Morgan fingerprint density at radius 3 is 2.61 bits per heavy atom. The van der Waals surface area contributed by atoms with Crippen LogP contribution < -0.4 is 4.90 Å². The molecule has 1 spiro atoms. The van der Waals surface area contributed by atoms with Crippen LogP contribution in [0.4, 0.5) is 5.69 Å². The molecule has 1 aromatic rings. The highest BCUT2D eigenvalue weighted by molar-refractivity contribution is 5.99. The second kappa shape index (κ2) is 5.91. The molecule has 4 nitrogen and oxygen atoms in total. The maximum Gasteiger partial charge on any atom is 0.244 e. The summed E-state index contributed by atoms with van der Waals surface area (Å²) in [5.74, 6) is 0.305. The molecular formula is C19H27N3O. The highest BCUT2D eigenvalue weighted by Crippen LogP contribution is 2.40. The predicted molar refractivity (Wildman–Crippen MR) is 92.6 cm³/mol. The van der Waals surface area contributed by atoms with Crippen molar-refractivity contribution in [1.82, 2.24) is 9.80 Å². The van der Waals surface area contributed by atoms with Gasteiger partial charge < -0.3 is 9.80 Å². The number of amides is 1. The number of para-hydroxylation sites is 1. The normalized spacial score (nSPS) is 33.0. The molecule has 4 rings (SSSR count). The van der Waals surface area contributed by atoms with Crippen molar-refractivity contribution in [2.75, 3.05) is 44.7 Å². The maximum atomic E-state index is 12.9. The fourth-order valence-electron chi connectivity index (χ4n) is 4.87. The Balaban J connectivity index is 1.47. The molecule has 4 heteroatoms. The Labute approximate surface area is 139 Å². The van der Waals surface area contributed by atoms with Gasteiger partial charge >= 0.3 is 0 Å².